The number of ether oxygens (including phenoxy) is 3. The van der Waals surface area contributed by atoms with Gasteiger partial charge in [-0.15, -0.1) is 0 Å². The van der Waals surface area contributed by atoms with Crippen molar-refractivity contribution >= 4 is 16.6 Å². The minimum absolute atomic E-state index is 0.127. The summed E-state index contributed by atoms with van der Waals surface area (Å²) < 4.78 is 15.9. The highest BCUT2D eigenvalue weighted by atomic mass is 16.5. The minimum atomic E-state index is -0.308. The summed E-state index contributed by atoms with van der Waals surface area (Å²) in [4.78, 5) is 17.6. The maximum absolute atomic E-state index is 13.1. The maximum atomic E-state index is 13.1. The Morgan fingerprint density at radius 1 is 0.960 bits per heavy atom. The van der Waals surface area contributed by atoms with Crippen LogP contribution >= 0.6 is 0 Å². The SMILES string of the molecule is COc1ccc2c(c1)C(=O)c1c(O)c(OC)c(OC)c3ccnc-2c13. The van der Waals surface area contributed by atoms with E-state index in [-0.39, 0.29) is 22.8 Å². The lowest BCUT2D eigenvalue weighted by Crippen LogP contribution is -2.12. The van der Waals surface area contributed by atoms with Gasteiger partial charge in [0.2, 0.25) is 5.75 Å². The van der Waals surface area contributed by atoms with Crippen molar-refractivity contribution in [2.75, 3.05) is 21.3 Å². The number of fused-ring (bicyclic) bond motifs is 2. The number of aromatic nitrogens is 1. The van der Waals surface area contributed by atoms with Crippen LogP contribution in [0, 0.1) is 0 Å². The molecule has 0 bridgehead atoms. The summed E-state index contributed by atoms with van der Waals surface area (Å²) in [6.45, 7) is 0. The molecule has 1 heterocycles. The van der Waals surface area contributed by atoms with E-state index in [4.69, 9.17) is 14.2 Å². The molecule has 0 radical (unpaired) electrons. The maximum Gasteiger partial charge on any atom is 0.204 e. The molecule has 1 N–H and O–H groups in total. The summed E-state index contributed by atoms with van der Waals surface area (Å²) >= 11 is 0. The number of hydrogen-bond donors (Lipinski definition) is 1. The second-order valence-corrected chi connectivity index (χ2v) is 5.61. The van der Waals surface area contributed by atoms with Crippen LogP contribution in [-0.2, 0) is 0 Å². The summed E-state index contributed by atoms with van der Waals surface area (Å²) in [5.74, 6) is 0.495. The Kier molecular flexibility index (Phi) is 3.28. The van der Waals surface area contributed by atoms with E-state index in [9.17, 15) is 9.90 Å². The van der Waals surface area contributed by atoms with E-state index in [0.29, 0.717) is 39.1 Å². The Bertz CT molecular complexity index is 1040. The molecule has 0 amide bonds. The predicted octanol–water partition coefficient (Wildman–Crippen LogP) is 3.18. The predicted molar refractivity (Wildman–Crippen MR) is 91.9 cm³/mol. The standard InChI is InChI=1S/C19H15NO5/c1-23-9-4-5-10-12(8-9)16(21)14-13-11(6-7-20-15(10)13)18(24-2)19(25-3)17(14)22/h4-8,22H,1-3H3. The number of phenols is 1. The van der Waals surface area contributed by atoms with Gasteiger partial charge in [0, 0.05) is 28.1 Å². The number of methoxy groups -OCH3 is 3. The van der Waals surface area contributed by atoms with Gasteiger partial charge in [0.25, 0.3) is 0 Å². The molecule has 126 valence electrons. The number of carbonyl (C=O) groups excluding carboxylic acids is 1. The quantitative estimate of drug-likeness (QED) is 0.619. The zero-order valence-electron chi connectivity index (χ0n) is 13.9. The van der Waals surface area contributed by atoms with Crippen LogP contribution < -0.4 is 14.2 Å². The fourth-order valence-corrected chi connectivity index (χ4v) is 3.36. The number of aromatic hydroxyl groups is 1. The van der Waals surface area contributed by atoms with Gasteiger partial charge in [-0.1, -0.05) is 0 Å². The van der Waals surface area contributed by atoms with E-state index in [2.05, 4.69) is 4.98 Å². The molecule has 3 aromatic rings. The van der Waals surface area contributed by atoms with E-state index >= 15 is 0 Å². The van der Waals surface area contributed by atoms with E-state index in [1.54, 1.807) is 30.5 Å². The van der Waals surface area contributed by atoms with Crippen molar-refractivity contribution in [3.63, 3.8) is 0 Å². The van der Waals surface area contributed by atoms with Crippen molar-refractivity contribution in [1.82, 2.24) is 4.98 Å². The lowest BCUT2D eigenvalue weighted by atomic mass is 9.84. The van der Waals surface area contributed by atoms with Crippen LogP contribution in [0.2, 0.25) is 0 Å². The molecular weight excluding hydrogens is 322 g/mol. The Balaban J connectivity index is 2.20. The van der Waals surface area contributed by atoms with E-state index in [0.717, 1.165) is 0 Å². The van der Waals surface area contributed by atoms with Crippen LogP contribution in [0.5, 0.6) is 23.0 Å². The van der Waals surface area contributed by atoms with E-state index in [1.807, 2.05) is 0 Å². The van der Waals surface area contributed by atoms with Crippen molar-refractivity contribution in [3.05, 3.63) is 41.6 Å². The first-order chi connectivity index (χ1) is 12.1. The van der Waals surface area contributed by atoms with Crippen LogP contribution in [0.4, 0.5) is 0 Å². The third kappa shape index (κ3) is 1.91. The Labute approximate surface area is 143 Å². The second-order valence-electron chi connectivity index (χ2n) is 5.61. The highest BCUT2D eigenvalue weighted by molar-refractivity contribution is 6.28. The number of pyridine rings is 1. The highest BCUT2D eigenvalue weighted by Crippen LogP contribution is 2.51. The number of rotatable bonds is 3. The molecule has 1 aromatic heterocycles. The molecule has 0 fully saturated rings. The molecule has 25 heavy (non-hydrogen) atoms. The van der Waals surface area contributed by atoms with Gasteiger partial charge in [0.1, 0.15) is 5.75 Å². The van der Waals surface area contributed by atoms with Gasteiger partial charge in [-0.25, -0.2) is 0 Å². The van der Waals surface area contributed by atoms with Gasteiger partial charge in [-0.2, -0.15) is 0 Å². The highest BCUT2D eigenvalue weighted by Gasteiger charge is 2.33. The van der Waals surface area contributed by atoms with Crippen molar-refractivity contribution < 1.29 is 24.1 Å². The van der Waals surface area contributed by atoms with Crippen molar-refractivity contribution in [2.24, 2.45) is 0 Å². The van der Waals surface area contributed by atoms with E-state index in [1.165, 1.54) is 21.3 Å². The zero-order valence-corrected chi connectivity index (χ0v) is 13.9. The van der Waals surface area contributed by atoms with Gasteiger partial charge in [-0.05, 0) is 24.3 Å². The molecule has 6 heteroatoms. The second kappa shape index (κ2) is 5.37. The number of phenolic OH excluding ortho intramolecular Hbond substituents is 1. The smallest absolute Gasteiger partial charge is 0.204 e. The largest absolute Gasteiger partial charge is 0.504 e. The normalized spacial score (nSPS) is 12.0. The number of benzene rings is 2. The number of hydrogen-bond acceptors (Lipinski definition) is 6. The molecule has 1 aliphatic rings. The summed E-state index contributed by atoms with van der Waals surface area (Å²) in [5, 5.41) is 11.9. The van der Waals surface area contributed by atoms with E-state index < -0.39 is 0 Å². The molecule has 1 aliphatic carbocycles. The van der Waals surface area contributed by atoms with Gasteiger partial charge in [0.15, 0.2) is 17.3 Å². The number of ketones is 1. The lowest BCUT2D eigenvalue weighted by Gasteiger charge is -2.23. The fraction of sp³-hybridized carbons (Fsp3) is 0.158. The van der Waals surface area contributed by atoms with Crippen LogP contribution in [-0.4, -0.2) is 37.2 Å². The van der Waals surface area contributed by atoms with Crippen LogP contribution in [0.1, 0.15) is 15.9 Å². The van der Waals surface area contributed by atoms with Crippen LogP contribution in [0.15, 0.2) is 30.5 Å². The first-order valence-corrected chi connectivity index (χ1v) is 7.61. The van der Waals surface area contributed by atoms with Gasteiger partial charge >= 0.3 is 0 Å². The van der Waals surface area contributed by atoms with Gasteiger partial charge in [-0.3, -0.25) is 9.78 Å². The molecule has 0 spiro atoms. The molecule has 0 saturated carbocycles. The summed E-state index contributed by atoms with van der Waals surface area (Å²) in [5.41, 5.74) is 1.89. The molecule has 0 aliphatic heterocycles. The average molecular weight is 337 g/mol. The number of nitrogens with zero attached hydrogens (tertiary/aromatic N) is 1. The van der Waals surface area contributed by atoms with Crippen molar-refractivity contribution in [3.8, 4) is 34.3 Å². The van der Waals surface area contributed by atoms with Crippen molar-refractivity contribution in [1.29, 1.82) is 0 Å². The van der Waals surface area contributed by atoms with Crippen molar-refractivity contribution in [2.45, 2.75) is 0 Å². The van der Waals surface area contributed by atoms with Crippen LogP contribution in [0.25, 0.3) is 22.0 Å². The molecule has 4 rings (SSSR count). The minimum Gasteiger partial charge on any atom is -0.504 e. The number of carbonyl (C=O) groups is 1. The summed E-state index contributed by atoms with van der Waals surface area (Å²) in [6, 6.07) is 6.96. The summed E-state index contributed by atoms with van der Waals surface area (Å²) in [6.07, 6.45) is 1.64. The Hall–Kier alpha value is -3.28. The zero-order chi connectivity index (χ0) is 17.7. The third-order valence-corrected chi connectivity index (χ3v) is 4.47. The molecule has 0 saturated heterocycles. The third-order valence-electron chi connectivity index (χ3n) is 4.47. The topological polar surface area (TPSA) is 77.9 Å². The lowest BCUT2D eigenvalue weighted by molar-refractivity contribution is 0.103. The molecule has 0 atom stereocenters. The monoisotopic (exact) mass is 337 g/mol. The molecule has 2 aromatic carbocycles. The first kappa shape index (κ1) is 15.3. The Morgan fingerprint density at radius 3 is 2.40 bits per heavy atom. The first-order valence-electron chi connectivity index (χ1n) is 7.61. The fourth-order valence-electron chi connectivity index (χ4n) is 3.36. The molecule has 6 nitrogen and oxygen atoms in total. The molecular formula is C19H15NO5. The van der Waals surface area contributed by atoms with Gasteiger partial charge in [0.05, 0.1) is 32.6 Å². The van der Waals surface area contributed by atoms with Gasteiger partial charge < -0.3 is 19.3 Å². The Morgan fingerprint density at radius 2 is 1.72 bits per heavy atom. The average Bonchev–Trinajstić information content (AvgIpc) is 2.65. The molecule has 0 unspecified atom stereocenters. The van der Waals surface area contributed by atoms with Crippen LogP contribution in [0.3, 0.4) is 0 Å². The summed E-state index contributed by atoms with van der Waals surface area (Å²) in [7, 11) is 4.44.